The quantitative estimate of drug-likeness (QED) is 0.0167. The summed E-state index contributed by atoms with van der Waals surface area (Å²) in [6.45, 7) is 10.6. The van der Waals surface area contributed by atoms with Gasteiger partial charge in [0.2, 0.25) is 0 Å². The number of carbonyl (C=O) groups is 6. The van der Waals surface area contributed by atoms with Crippen LogP contribution in [0.15, 0.2) is 135 Å². The third-order valence-corrected chi connectivity index (χ3v) is 9.62. The van der Waals surface area contributed by atoms with E-state index in [2.05, 4.69) is 19.7 Å². The normalized spacial score (nSPS) is 10.8. The molecular weight excluding hydrogens is 922 g/mol. The smallest absolute Gasteiger partial charge is 0.420 e. The summed E-state index contributed by atoms with van der Waals surface area (Å²) in [5.74, 6) is -4.84. The minimum atomic E-state index is -5.00. The molecule has 0 fully saturated rings. The number of unbranched alkanes of at least 4 members (excludes halogenated alkanes) is 3. The minimum Gasteiger partial charge on any atom is -0.494 e. The number of hydrogen-bond donors (Lipinski definition) is 0. The summed E-state index contributed by atoms with van der Waals surface area (Å²) in [5, 5.41) is 1.03. The molecule has 0 aliphatic heterocycles. The third kappa shape index (κ3) is 16.4. The van der Waals surface area contributed by atoms with Gasteiger partial charge in [-0.15, -0.1) is 0 Å². The number of ether oxygens (including phenoxy) is 9. The van der Waals surface area contributed by atoms with Gasteiger partial charge in [-0.1, -0.05) is 31.9 Å². The van der Waals surface area contributed by atoms with Crippen LogP contribution in [0.1, 0.15) is 68.7 Å². The molecule has 0 aromatic heterocycles. The van der Waals surface area contributed by atoms with E-state index in [-0.39, 0.29) is 60.4 Å². The highest BCUT2D eigenvalue weighted by atomic mass is 19.4. The summed E-state index contributed by atoms with van der Waals surface area (Å²) >= 11 is 0. The van der Waals surface area contributed by atoms with Gasteiger partial charge in [0.05, 0.1) is 43.1 Å². The Kier molecular flexibility index (Phi) is 19.7. The van der Waals surface area contributed by atoms with Crippen LogP contribution >= 0.6 is 0 Å². The Morgan fingerprint density at radius 2 is 0.886 bits per heavy atom. The van der Waals surface area contributed by atoms with Crippen LogP contribution in [0.3, 0.4) is 0 Å². The first-order chi connectivity index (χ1) is 33.7. The molecule has 0 spiro atoms. The monoisotopic (exact) mass is 968 g/mol. The topological polar surface area (TPSA) is 185 Å². The number of alkyl halides is 3. The maximum Gasteiger partial charge on any atom is 0.420 e. The molecule has 0 saturated carbocycles. The second kappa shape index (κ2) is 26.2. The van der Waals surface area contributed by atoms with Gasteiger partial charge in [-0.25, -0.2) is 28.8 Å². The summed E-state index contributed by atoms with van der Waals surface area (Å²) in [6, 6.07) is 21.4. The molecule has 5 rings (SSSR count). The minimum absolute atomic E-state index is 0.00985. The van der Waals surface area contributed by atoms with Crippen molar-refractivity contribution in [2.75, 3.05) is 39.6 Å². The number of hydrogen-bond acceptors (Lipinski definition) is 15. The number of carbonyl (C=O) groups excluding carboxylic acids is 6. The predicted molar refractivity (Wildman–Crippen MR) is 246 cm³/mol. The first kappa shape index (κ1) is 52.6. The van der Waals surface area contributed by atoms with Gasteiger partial charge in [0.25, 0.3) is 0 Å². The maximum absolute atomic E-state index is 14.2. The zero-order valence-electron chi connectivity index (χ0n) is 37.6. The molecule has 0 saturated heterocycles. The van der Waals surface area contributed by atoms with E-state index in [0.717, 1.165) is 49.6 Å². The lowest BCUT2D eigenvalue weighted by atomic mass is 10.1. The lowest BCUT2D eigenvalue weighted by molar-refractivity contribution is -0.139. The highest BCUT2D eigenvalue weighted by molar-refractivity contribution is 5.97. The molecule has 0 atom stereocenters. The molecule has 70 heavy (non-hydrogen) atoms. The van der Waals surface area contributed by atoms with Crippen LogP contribution in [-0.4, -0.2) is 75.5 Å². The van der Waals surface area contributed by atoms with Crippen molar-refractivity contribution in [3.63, 3.8) is 0 Å². The van der Waals surface area contributed by atoms with E-state index in [1.165, 1.54) is 72.8 Å². The molecule has 0 heterocycles. The van der Waals surface area contributed by atoms with E-state index >= 15 is 0 Å². The summed E-state index contributed by atoms with van der Waals surface area (Å²) in [5.41, 5.74) is -1.33. The van der Waals surface area contributed by atoms with Crippen molar-refractivity contribution in [3.05, 3.63) is 157 Å². The van der Waals surface area contributed by atoms with Crippen LogP contribution in [0.2, 0.25) is 0 Å². The van der Waals surface area contributed by atoms with E-state index in [4.69, 9.17) is 42.6 Å². The number of esters is 6. The molecule has 0 unspecified atom stereocenters. The summed E-state index contributed by atoms with van der Waals surface area (Å²) in [4.78, 5) is 73.1. The summed E-state index contributed by atoms with van der Waals surface area (Å²) < 4.78 is 90.7. The van der Waals surface area contributed by atoms with Gasteiger partial charge in [0.15, 0.2) is 11.5 Å². The molecule has 0 aliphatic rings. The van der Waals surface area contributed by atoms with Crippen LogP contribution < -0.4 is 28.4 Å². The summed E-state index contributed by atoms with van der Waals surface area (Å²) in [7, 11) is 0. The zero-order chi connectivity index (χ0) is 50.5. The molecule has 15 nitrogen and oxygen atoms in total. The number of halogens is 3. The number of fused-ring (bicyclic) bond motifs is 1. The molecular formula is C52H47F3O15. The Morgan fingerprint density at radius 3 is 1.54 bits per heavy atom. The van der Waals surface area contributed by atoms with Gasteiger partial charge in [-0.2, -0.15) is 13.2 Å². The van der Waals surface area contributed by atoms with Crippen molar-refractivity contribution in [2.24, 2.45) is 0 Å². The molecule has 0 radical (unpaired) electrons. The predicted octanol–water partition coefficient (Wildman–Crippen LogP) is 9.79. The van der Waals surface area contributed by atoms with Crippen molar-refractivity contribution >= 4 is 46.6 Å². The van der Waals surface area contributed by atoms with Gasteiger partial charge >= 0.3 is 42.0 Å². The van der Waals surface area contributed by atoms with Crippen molar-refractivity contribution < 1.29 is 84.6 Å². The fourth-order valence-electron chi connectivity index (χ4n) is 6.15. The van der Waals surface area contributed by atoms with Gasteiger partial charge < -0.3 is 42.6 Å². The van der Waals surface area contributed by atoms with Crippen molar-refractivity contribution in [1.82, 2.24) is 0 Å². The SMILES string of the molecule is C=CC(=O)OCCCCCCOc1ccc(C(=O)Oc2ccc(OC(=O)c3ccc4cc(OC(=O)c5ccc(OCCCOC(=O)C=C)c(OCCOC(=O)C=C)c5)ccc4c3)cc2C(F)(F)F)cc1. The second-order valence-electron chi connectivity index (χ2n) is 14.7. The Labute approximate surface area is 399 Å². The lowest BCUT2D eigenvalue weighted by Crippen LogP contribution is -2.15. The highest BCUT2D eigenvalue weighted by Gasteiger charge is 2.36. The van der Waals surface area contributed by atoms with Gasteiger partial charge in [0, 0.05) is 24.6 Å². The molecule has 0 aliphatic carbocycles. The van der Waals surface area contributed by atoms with Crippen LogP contribution in [-0.2, 0) is 34.8 Å². The second-order valence-corrected chi connectivity index (χ2v) is 14.7. The molecule has 18 heteroatoms. The van der Waals surface area contributed by atoms with Crippen molar-refractivity contribution in [2.45, 2.75) is 38.3 Å². The van der Waals surface area contributed by atoms with Gasteiger partial charge in [-0.05, 0) is 121 Å². The maximum atomic E-state index is 14.2. The Balaban J connectivity index is 1.17. The van der Waals surface area contributed by atoms with Crippen molar-refractivity contribution in [3.8, 4) is 34.5 Å². The van der Waals surface area contributed by atoms with E-state index in [0.29, 0.717) is 48.6 Å². The average molecular weight is 969 g/mol. The number of benzene rings is 5. The Hall–Kier alpha value is -8.41. The standard InChI is InChI=1S/C52H47F3O15/c1-4-46(56)65-25-10-8-7-9-24-62-39-18-14-34(15-19-39)49(59)70-43-23-21-41(33-42(43)52(53,54)55)69-50(60)37-13-12-36-31-40(20-16-35(36)30-37)68-51(61)38-17-22-44(63-26-11-27-66-47(57)5-2)45(32-38)64-28-29-67-48(58)6-3/h4-6,12-23,30-33H,1-3,7-11,24-29H2. The molecule has 0 bridgehead atoms. The molecule has 366 valence electrons. The summed E-state index contributed by atoms with van der Waals surface area (Å²) in [6.07, 6.45) is 1.52. The van der Waals surface area contributed by atoms with Crippen LogP contribution in [0, 0.1) is 0 Å². The van der Waals surface area contributed by atoms with Gasteiger partial charge in [-0.3, -0.25) is 0 Å². The fraction of sp³-hybridized carbons (Fsp3) is 0.231. The average Bonchev–Trinajstić information content (AvgIpc) is 3.35. The molecule has 0 amide bonds. The largest absolute Gasteiger partial charge is 0.494 e. The Bertz CT molecular complexity index is 2690. The van der Waals surface area contributed by atoms with E-state index < -0.39 is 59.1 Å². The van der Waals surface area contributed by atoms with Gasteiger partial charge in [0.1, 0.15) is 41.8 Å². The van der Waals surface area contributed by atoms with Crippen LogP contribution in [0.25, 0.3) is 10.8 Å². The first-order valence-electron chi connectivity index (χ1n) is 21.6. The van der Waals surface area contributed by atoms with Crippen molar-refractivity contribution in [1.29, 1.82) is 0 Å². The third-order valence-electron chi connectivity index (χ3n) is 9.62. The molecule has 5 aromatic carbocycles. The van der Waals surface area contributed by atoms with E-state index in [9.17, 15) is 41.9 Å². The first-order valence-corrected chi connectivity index (χ1v) is 21.6. The zero-order valence-corrected chi connectivity index (χ0v) is 37.6. The van der Waals surface area contributed by atoms with Crippen LogP contribution in [0.5, 0.6) is 34.5 Å². The van der Waals surface area contributed by atoms with E-state index in [1.807, 2.05) is 0 Å². The Morgan fingerprint density at radius 1 is 0.414 bits per heavy atom. The highest BCUT2D eigenvalue weighted by Crippen LogP contribution is 2.39. The number of rotatable bonds is 26. The fourth-order valence-corrected chi connectivity index (χ4v) is 6.15. The van der Waals surface area contributed by atoms with E-state index in [1.54, 1.807) is 6.07 Å². The lowest BCUT2D eigenvalue weighted by Gasteiger charge is -2.15. The molecule has 0 N–H and O–H groups in total. The van der Waals surface area contributed by atoms with Crippen LogP contribution in [0.4, 0.5) is 13.2 Å². The molecule has 5 aromatic rings.